The van der Waals surface area contributed by atoms with Crippen molar-refractivity contribution in [2.75, 3.05) is 25.4 Å². The molecule has 0 saturated carbocycles. The summed E-state index contributed by atoms with van der Waals surface area (Å²) in [5.74, 6) is 0.737. The molecule has 1 atom stereocenters. The number of benzene rings is 1. The standard InChI is InChI=1S/C27H45NO4S/c1-7-10-11-12-13-19-28(26(30)32-27(4,5)6)20-18-22-14-16-23(17-15-22)21-24(33-9-3)25(29)31-8-2/h14-17,24H,7-13,18-21H2,1-6H3. The largest absolute Gasteiger partial charge is 0.465 e. The lowest BCUT2D eigenvalue weighted by Crippen LogP contribution is -2.38. The molecule has 1 aromatic rings. The van der Waals surface area contributed by atoms with Crippen molar-refractivity contribution in [1.29, 1.82) is 0 Å². The van der Waals surface area contributed by atoms with Gasteiger partial charge in [-0.25, -0.2) is 4.79 Å². The number of esters is 1. The van der Waals surface area contributed by atoms with Gasteiger partial charge in [0.1, 0.15) is 10.9 Å². The van der Waals surface area contributed by atoms with Gasteiger partial charge in [0.2, 0.25) is 0 Å². The molecule has 1 rings (SSSR count). The summed E-state index contributed by atoms with van der Waals surface area (Å²) in [6, 6.07) is 8.37. The van der Waals surface area contributed by atoms with E-state index in [0.717, 1.165) is 37.1 Å². The second-order valence-electron chi connectivity index (χ2n) is 9.35. The first-order chi connectivity index (χ1) is 15.7. The number of hydrogen-bond acceptors (Lipinski definition) is 5. The molecule has 33 heavy (non-hydrogen) atoms. The normalized spacial score (nSPS) is 12.3. The van der Waals surface area contributed by atoms with Gasteiger partial charge in [0.25, 0.3) is 0 Å². The summed E-state index contributed by atoms with van der Waals surface area (Å²) in [4.78, 5) is 26.8. The van der Waals surface area contributed by atoms with Gasteiger partial charge >= 0.3 is 12.1 Å². The lowest BCUT2D eigenvalue weighted by Gasteiger charge is -2.27. The molecule has 188 valence electrons. The third-order valence-electron chi connectivity index (χ3n) is 5.22. The molecule has 0 saturated heterocycles. The quantitative estimate of drug-likeness (QED) is 0.208. The molecule has 1 unspecified atom stereocenters. The lowest BCUT2D eigenvalue weighted by atomic mass is 10.1. The first kappa shape index (κ1) is 29.3. The number of hydrogen-bond donors (Lipinski definition) is 0. The van der Waals surface area contributed by atoms with E-state index in [1.807, 2.05) is 32.6 Å². The van der Waals surface area contributed by atoms with Gasteiger partial charge in [-0.15, -0.1) is 11.8 Å². The highest BCUT2D eigenvalue weighted by molar-refractivity contribution is 8.00. The molecule has 1 amide bonds. The molecule has 0 aliphatic rings. The van der Waals surface area contributed by atoms with Gasteiger partial charge in [-0.1, -0.05) is 63.8 Å². The van der Waals surface area contributed by atoms with Crippen molar-refractivity contribution in [2.45, 2.75) is 97.3 Å². The maximum Gasteiger partial charge on any atom is 0.410 e. The Labute approximate surface area is 206 Å². The zero-order valence-corrected chi connectivity index (χ0v) is 22.5. The fourth-order valence-corrected chi connectivity index (χ4v) is 4.41. The zero-order valence-electron chi connectivity index (χ0n) is 21.7. The van der Waals surface area contributed by atoms with Crippen LogP contribution in [0.4, 0.5) is 4.79 Å². The van der Waals surface area contributed by atoms with Crippen molar-refractivity contribution in [3.8, 4) is 0 Å². The Hall–Kier alpha value is -1.69. The van der Waals surface area contributed by atoms with E-state index in [-0.39, 0.29) is 17.3 Å². The molecule has 0 N–H and O–H groups in total. The van der Waals surface area contributed by atoms with E-state index in [1.54, 1.807) is 11.8 Å². The Morgan fingerprint density at radius 3 is 2.15 bits per heavy atom. The molecule has 0 fully saturated rings. The first-order valence-electron chi connectivity index (χ1n) is 12.5. The average Bonchev–Trinajstić information content (AvgIpc) is 2.75. The van der Waals surface area contributed by atoms with Gasteiger partial charge in [-0.3, -0.25) is 4.79 Å². The smallest absolute Gasteiger partial charge is 0.410 e. The van der Waals surface area contributed by atoms with Crippen molar-refractivity contribution in [1.82, 2.24) is 4.90 Å². The monoisotopic (exact) mass is 479 g/mol. The van der Waals surface area contributed by atoms with Gasteiger partial charge in [0.05, 0.1) is 6.61 Å². The maximum atomic E-state index is 12.7. The van der Waals surface area contributed by atoms with Crippen LogP contribution in [0.2, 0.25) is 0 Å². The predicted molar refractivity (Wildman–Crippen MR) is 139 cm³/mol. The van der Waals surface area contributed by atoms with Crippen LogP contribution in [0.1, 0.15) is 84.8 Å². The Balaban J connectivity index is 2.69. The number of unbranched alkanes of at least 4 members (excludes halogenated alkanes) is 4. The van der Waals surface area contributed by atoms with Gasteiger partial charge in [0.15, 0.2) is 0 Å². The fraction of sp³-hybridized carbons (Fsp3) is 0.704. The molecule has 5 nitrogen and oxygen atoms in total. The maximum absolute atomic E-state index is 12.7. The van der Waals surface area contributed by atoms with Gasteiger partial charge in [-0.2, -0.15) is 0 Å². The topological polar surface area (TPSA) is 55.8 Å². The second-order valence-corrected chi connectivity index (χ2v) is 10.8. The van der Waals surface area contributed by atoms with E-state index >= 15 is 0 Å². The molecule has 0 bridgehead atoms. The highest BCUT2D eigenvalue weighted by Gasteiger charge is 2.22. The second kappa shape index (κ2) is 16.0. The minimum atomic E-state index is -0.495. The number of carbonyl (C=O) groups is 2. The Morgan fingerprint density at radius 1 is 0.939 bits per heavy atom. The van der Waals surface area contributed by atoms with Crippen LogP contribution < -0.4 is 0 Å². The number of thioether (sulfide) groups is 1. The van der Waals surface area contributed by atoms with Crippen molar-refractivity contribution in [3.05, 3.63) is 35.4 Å². The number of amides is 1. The number of carbonyl (C=O) groups excluding carboxylic acids is 2. The Kier molecular flexibility index (Phi) is 14.2. The molecular formula is C27H45NO4S. The van der Waals surface area contributed by atoms with E-state index in [1.165, 1.54) is 24.8 Å². The van der Waals surface area contributed by atoms with Crippen molar-refractivity contribution in [2.24, 2.45) is 0 Å². The van der Waals surface area contributed by atoms with Crippen LogP contribution >= 0.6 is 11.8 Å². The van der Waals surface area contributed by atoms with Crippen LogP contribution in [0.15, 0.2) is 24.3 Å². The molecule has 0 radical (unpaired) electrons. The third-order valence-corrected chi connectivity index (χ3v) is 6.31. The lowest BCUT2D eigenvalue weighted by molar-refractivity contribution is -0.142. The summed E-state index contributed by atoms with van der Waals surface area (Å²) >= 11 is 1.62. The minimum absolute atomic E-state index is 0.139. The Bertz CT molecular complexity index is 684. The number of nitrogens with zero attached hydrogens (tertiary/aromatic N) is 1. The summed E-state index contributed by atoms with van der Waals surface area (Å²) in [5.41, 5.74) is 1.80. The molecule has 0 heterocycles. The Morgan fingerprint density at radius 2 is 1.58 bits per heavy atom. The summed E-state index contributed by atoms with van der Waals surface area (Å²) in [5, 5.41) is -0.170. The molecular weight excluding hydrogens is 434 g/mol. The van der Waals surface area contributed by atoms with Crippen molar-refractivity contribution < 1.29 is 19.1 Å². The summed E-state index contributed by atoms with van der Waals surface area (Å²) in [6.45, 7) is 13.6. The van der Waals surface area contributed by atoms with E-state index in [0.29, 0.717) is 19.6 Å². The fourth-order valence-electron chi connectivity index (χ4n) is 3.49. The molecule has 0 aliphatic carbocycles. The third kappa shape index (κ3) is 13.0. The van der Waals surface area contributed by atoms with Crippen LogP contribution in [0.25, 0.3) is 0 Å². The minimum Gasteiger partial charge on any atom is -0.465 e. The zero-order chi connectivity index (χ0) is 24.7. The van der Waals surface area contributed by atoms with E-state index in [4.69, 9.17) is 9.47 Å². The average molecular weight is 480 g/mol. The summed E-state index contributed by atoms with van der Waals surface area (Å²) in [6.07, 6.45) is 7.02. The van der Waals surface area contributed by atoms with Gasteiger partial charge in [-0.05, 0) is 63.8 Å². The van der Waals surface area contributed by atoms with E-state index in [2.05, 4.69) is 38.1 Å². The van der Waals surface area contributed by atoms with Crippen molar-refractivity contribution in [3.63, 3.8) is 0 Å². The van der Waals surface area contributed by atoms with Gasteiger partial charge in [0, 0.05) is 13.1 Å². The summed E-state index contributed by atoms with van der Waals surface area (Å²) < 4.78 is 10.9. The highest BCUT2D eigenvalue weighted by atomic mass is 32.2. The van der Waals surface area contributed by atoms with Crippen LogP contribution in [-0.2, 0) is 27.1 Å². The van der Waals surface area contributed by atoms with Crippen LogP contribution in [-0.4, -0.2) is 53.3 Å². The summed E-state index contributed by atoms with van der Waals surface area (Å²) in [7, 11) is 0. The molecule has 0 aromatic heterocycles. The molecule has 0 spiro atoms. The van der Waals surface area contributed by atoms with E-state index < -0.39 is 5.60 Å². The van der Waals surface area contributed by atoms with Crippen LogP contribution in [0.5, 0.6) is 0 Å². The van der Waals surface area contributed by atoms with Crippen LogP contribution in [0.3, 0.4) is 0 Å². The molecule has 1 aromatic carbocycles. The SMILES string of the molecule is CCCCCCCN(CCc1ccc(CC(SCC)C(=O)OCC)cc1)C(=O)OC(C)(C)C. The van der Waals surface area contributed by atoms with E-state index in [9.17, 15) is 9.59 Å². The number of rotatable bonds is 15. The predicted octanol–water partition coefficient (Wildman–Crippen LogP) is 6.66. The van der Waals surface area contributed by atoms with Crippen LogP contribution in [0, 0.1) is 0 Å². The highest BCUT2D eigenvalue weighted by Crippen LogP contribution is 2.19. The molecule has 0 aliphatic heterocycles. The van der Waals surface area contributed by atoms with Gasteiger partial charge < -0.3 is 14.4 Å². The first-order valence-corrected chi connectivity index (χ1v) is 13.6. The number of ether oxygens (including phenoxy) is 2. The van der Waals surface area contributed by atoms with Crippen molar-refractivity contribution >= 4 is 23.8 Å². The molecule has 6 heteroatoms.